The predicted octanol–water partition coefficient (Wildman–Crippen LogP) is 4.17. The molecule has 0 aliphatic heterocycles. The number of nitrogens with one attached hydrogen (secondary N) is 1. The first-order chi connectivity index (χ1) is 10.2. The van der Waals surface area contributed by atoms with Gasteiger partial charge < -0.3 is 11.1 Å². The van der Waals surface area contributed by atoms with Crippen LogP contribution in [-0.4, -0.2) is 12.1 Å². The number of hydrogen-bond acceptors (Lipinski definition) is 2. The average molecular weight is 286 g/mol. The van der Waals surface area contributed by atoms with Crippen LogP contribution in [0.3, 0.4) is 0 Å². The smallest absolute Gasteiger partial charge is 0.0309 e. The maximum atomic E-state index is 6.19. The third kappa shape index (κ3) is 3.17. The van der Waals surface area contributed by atoms with Crippen molar-refractivity contribution >= 4 is 0 Å². The van der Waals surface area contributed by atoms with Gasteiger partial charge in [-0.1, -0.05) is 43.2 Å². The lowest BCUT2D eigenvalue weighted by atomic mass is 9.66. The van der Waals surface area contributed by atoms with E-state index in [0.717, 1.165) is 6.54 Å². The van der Waals surface area contributed by atoms with Crippen molar-refractivity contribution in [2.45, 2.75) is 69.9 Å². The van der Waals surface area contributed by atoms with Gasteiger partial charge in [0.2, 0.25) is 0 Å². The molecule has 1 aromatic rings. The zero-order valence-corrected chi connectivity index (χ0v) is 13.4. The minimum atomic E-state index is 0.156. The number of benzene rings is 1. The normalized spacial score (nSPS) is 25.0. The lowest BCUT2D eigenvalue weighted by Crippen LogP contribution is -2.55. The van der Waals surface area contributed by atoms with Gasteiger partial charge in [0.05, 0.1) is 0 Å². The summed E-state index contributed by atoms with van der Waals surface area (Å²) in [6.45, 7) is 3.03. The van der Waals surface area contributed by atoms with E-state index >= 15 is 0 Å². The standard InChI is InChI=1S/C19H30N2/c1-16(17-7-3-2-4-8-17)21-19(15-20)13-11-18(12-14-19)9-5-6-10-18/h2-4,7-8,16,21H,5-6,9-15,20H2,1H3. The van der Waals surface area contributed by atoms with Crippen LogP contribution in [0.1, 0.15) is 69.9 Å². The van der Waals surface area contributed by atoms with Crippen molar-refractivity contribution in [2.75, 3.05) is 6.54 Å². The highest BCUT2D eigenvalue weighted by atomic mass is 15.0. The van der Waals surface area contributed by atoms with Crippen molar-refractivity contribution in [2.24, 2.45) is 11.1 Å². The van der Waals surface area contributed by atoms with Gasteiger partial charge in [-0.3, -0.25) is 0 Å². The monoisotopic (exact) mass is 286 g/mol. The fraction of sp³-hybridized carbons (Fsp3) is 0.684. The van der Waals surface area contributed by atoms with Gasteiger partial charge in [0.1, 0.15) is 0 Å². The Hall–Kier alpha value is -0.860. The number of nitrogens with two attached hydrogens (primary N) is 1. The number of rotatable bonds is 4. The zero-order valence-electron chi connectivity index (χ0n) is 13.4. The molecule has 3 rings (SSSR count). The molecule has 2 heteroatoms. The summed E-state index contributed by atoms with van der Waals surface area (Å²) < 4.78 is 0. The Morgan fingerprint density at radius 2 is 1.62 bits per heavy atom. The molecule has 0 bridgehead atoms. The molecule has 2 nitrogen and oxygen atoms in total. The minimum Gasteiger partial charge on any atom is -0.329 e. The van der Waals surface area contributed by atoms with Gasteiger partial charge in [-0.15, -0.1) is 0 Å². The van der Waals surface area contributed by atoms with Crippen LogP contribution in [-0.2, 0) is 0 Å². The molecular formula is C19H30N2. The van der Waals surface area contributed by atoms with E-state index in [1.54, 1.807) is 0 Å². The quantitative estimate of drug-likeness (QED) is 0.872. The van der Waals surface area contributed by atoms with Crippen LogP contribution in [0.15, 0.2) is 30.3 Å². The van der Waals surface area contributed by atoms with Gasteiger partial charge in [0.25, 0.3) is 0 Å². The summed E-state index contributed by atoms with van der Waals surface area (Å²) in [6.07, 6.45) is 11.1. The molecule has 21 heavy (non-hydrogen) atoms. The van der Waals surface area contributed by atoms with Gasteiger partial charge in [-0.25, -0.2) is 0 Å². The second kappa shape index (κ2) is 6.10. The molecule has 2 fully saturated rings. The maximum absolute atomic E-state index is 6.19. The van der Waals surface area contributed by atoms with E-state index in [9.17, 15) is 0 Å². The molecule has 1 unspecified atom stereocenters. The molecule has 3 N–H and O–H groups in total. The summed E-state index contributed by atoms with van der Waals surface area (Å²) in [4.78, 5) is 0. The Labute approximate surface area is 129 Å². The molecule has 116 valence electrons. The molecule has 1 aromatic carbocycles. The molecular weight excluding hydrogens is 256 g/mol. The summed E-state index contributed by atoms with van der Waals surface area (Å²) in [5.74, 6) is 0. The average Bonchev–Trinajstić information content (AvgIpc) is 2.99. The summed E-state index contributed by atoms with van der Waals surface area (Å²) >= 11 is 0. The molecule has 2 saturated carbocycles. The Bertz CT molecular complexity index is 438. The van der Waals surface area contributed by atoms with Crippen LogP contribution in [0.5, 0.6) is 0 Å². The Morgan fingerprint density at radius 3 is 2.19 bits per heavy atom. The topological polar surface area (TPSA) is 38.0 Å². The summed E-state index contributed by atoms with van der Waals surface area (Å²) in [5, 5.41) is 3.88. The van der Waals surface area contributed by atoms with Crippen LogP contribution in [0, 0.1) is 5.41 Å². The fourth-order valence-corrected chi connectivity index (χ4v) is 4.58. The van der Waals surface area contributed by atoms with Crippen molar-refractivity contribution in [1.82, 2.24) is 5.32 Å². The summed E-state index contributed by atoms with van der Waals surface area (Å²) in [6, 6.07) is 11.1. The van der Waals surface area contributed by atoms with Gasteiger partial charge in [-0.2, -0.15) is 0 Å². The van der Waals surface area contributed by atoms with Crippen LogP contribution in [0.4, 0.5) is 0 Å². The van der Waals surface area contributed by atoms with Gasteiger partial charge in [0, 0.05) is 18.1 Å². The SMILES string of the molecule is CC(NC1(CN)CCC2(CCCC2)CC1)c1ccccc1. The van der Waals surface area contributed by atoms with E-state index in [-0.39, 0.29) is 5.54 Å². The Kier molecular flexibility index (Phi) is 4.37. The molecule has 2 aliphatic rings. The predicted molar refractivity (Wildman–Crippen MR) is 89.1 cm³/mol. The van der Waals surface area contributed by atoms with Crippen LogP contribution in [0.25, 0.3) is 0 Å². The number of hydrogen-bond donors (Lipinski definition) is 2. The van der Waals surface area contributed by atoms with E-state index < -0.39 is 0 Å². The first kappa shape index (κ1) is 15.1. The second-order valence-electron chi connectivity index (χ2n) is 7.47. The van der Waals surface area contributed by atoms with E-state index in [2.05, 4.69) is 42.6 Å². The molecule has 1 atom stereocenters. The first-order valence-corrected chi connectivity index (χ1v) is 8.70. The van der Waals surface area contributed by atoms with Crippen LogP contribution in [0.2, 0.25) is 0 Å². The van der Waals surface area contributed by atoms with E-state index in [1.807, 2.05) is 0 Å². The van der Waals surface area contributed by atoms with Gasteiger partial charge >= 0.3 is 0 Å². The van der Waals surface area contributed by atoms with E-state index in [0.29, 0.717) is 11.5 Å². The van der Waals surface area contributed by atoms with Crippen molar-refractivity contribution in [1.29, 1.82) is 0 Å². The molecule has 0 saturated heterocycles. The van der Waals surface area contributed by atoms with E-state index in [1.165, 1.54) is 56.9 Å². The zero-order chi connectivity index (χ0) is 14.8. The minimum absolute atomic E-state index is 0.156. The largest absolute Gasteiger partial charge is 0.329 e. The van der Waals surface area contributed by atoms with Crippen molar-refractivity contribution in [3.8, 4) is 0 Å². The Morgan fingerprint density at radius 1 is 1.00 bits per heavy atom. The van der Waals surface area contributed by atoms with Crippen LogP contribution < -0.4 is 11.1 Å². The highest BCUT2D eigenvalue weighted by molar-refractivity contribution is 5.19. The third-order valence-corrected chi connectivity index (χ3v) is 6.14. The lowest BCUT2D eigenvalue weighted by Gasteiger charge is -2.46. The second-order valence-corrected chi connectivity index (χ2v) is 7.47. The molecule has 0 amide bonds. The first-order valence-electron chi connectivity index (χ1n) is 8.70. The van der Waals surface area contributed by atoms with Crippen LogP contribution >= 0.6 is 0 Å². The highest BCUT2D eigenvalue weighted by Crippen LogP contribution is 2.51. The fourth-order valence-electron chi connectivity index (χ4n) is 4.58. The highest BCUT2D eigenvalue weighted by Gasteiger charge is 2.43. The molecule has 0 radical (unpaired) electrons. The van der Waals surface area contributed by atoms with Gasteiger partial charge in [-0.05, 0) is 56.4 Å². The summed E-state index contributed by atoms with van der Waals surface area (Å²) in [7, 11) is 0. The maximum Gasteiger partial charge on any atom is 0.0309 e. The Balaban J connectivity index is 1.65. The third-order valence-electron chi connectivity index (χ3n) is 6.14. The van der Waals surface area contributed by atoms with Gasteiger partial charge in [0.15, 0.2) is 0 Å². The van der Waals surface area contributed by atoms with Crippen molar-refractivity contribution < 1.29 is 0 Å². The molecule has 1 spiro atoms. The van der Waals surface area contributed by atoms with Crippen molar-refractivity contribution in [3.05, 3.63) is 35.9 Å². The van der Waals surface area contributed by atoms with Crippen molar-refractivity contribution in [3.63, 3.8) is 0 Å². The molecule has 0 heterocycles. The lowest BCUT2D eigenvalue weighted by molar-refractivity contribution is 0.107. The molecule has 2 aliphatic carbocycles. The van der Waals surface area contributed by atoms with E-state index in [4.69, 9.17) is 5.73 Å². The molecule has 0 aromatic heterocycles. The summed E-state index contributed by atoms with van der Waals surface area (Å²) in [5.41, 5.74) is 8.39.